The molecule has 0 aliphatic carbocycles. The predicted molar refractivity (Wildman–Crippen MR) is 100 cm³/mol. The van der Waals surface area contributed by atoms with Crippen molar-refractivity contribution in [1.29, 1.82) is 0 Å². The average molecular weight is 366 g/mol. The van der Waals surface area contributed by atoms with Crippen molar-refractivity contribution >= 4 is 23.4 Å². The summed E-state index contributed by atoms with van der Waals surface area (Å²) in [5.41, 5.74) is 3.33. The van der Waals surface area contributed by atoms with Crippen LogP contribution in [0, 0.1) is 0 Å². The van der Waals surface area contributed by atoms with Crippen molar-refractivity contribution in [2.75, 3.05) is 31.5 Å². The van der Waals surface area contributed by atoms with Gasteiger partial charge in [-0.2, -0.15) is 0 Å². The molecule has 0 bridgehead atoms. The molecule has 0 spiro atoms. The second kappa shape index (κ2) is 7.26. The molecule has 0 radical (unpaired) electrons. The van der Waals surface area contributed by atoms with Crippen LogP contribution in [0.15, 0.2) is 36.5 Å². The SMILES string of the molecule is O=C1CCc2cc(C(=O)N3CCN(C(=O)Cc4ccc[nH]4)CC3)ccc2N1. The maximum absolute atomic E-state index is 12.8. The van der Waals surface area contributed by atoms with Gasteiger partial charge in [0.1, 0.15) is 0 Å². The molecule has 7 nitrogen and oxygen atoms in total. The number of hydrogen-bond acceptors (Lipinski definition) is 3. The highest BCUT2D eigenvalue weighted by atomic mass is 16.2. The number of aryl methyl sites for hydroxylation is 1. The van der Waals surface area contributed by atoms with Crippen LogP contribution in [0.1, 0.15) is 28.0 Å². The first-order valence-corrected chi connectivity index (χ1v) is 9.22. The number of nitrogens with zero attached hydrogens (tertiary/aromatic N) is 2. The van der Waals surface area contributed by atoms with E-state index in [2.05, 4.69) is 10.3 Å². The smallest absolute Gasteiger partial charge is 0.253 e. The summed E-state index contributed by atoms with van der Waals surface area (Å²) in [6.45, 7) is 2.16. The van der Waals surface area contributed by atoms with Crippen LogP contribution in [0.5, 0.6) is 0 Å². The first kappa shape index (κ1) is 17.3. The lowest BCUT2D eigenvalue weighted by molar-refractivity contribution is -0.132. The summed E-state index contributed by atoms with van der Waals surface area (Å²) in [6, 6.07) is 9.21. The number of fused-ring (bicyclic) bond motifs is 1. The topological polar surface area (TPSA) is 85.5 Å². The molecule has 0 atom stereocenters. The van der Waals surface area contributed by atoms with E-state index in [0.29, 0.717) is 51.0 Å². The van der Waals surface area contributed by atoms with Crippen LogP contribution in [0.2, 0.25) is 0 Å². The number of aromatic amines is 1. The van der Waals surface area contributed by atoms with E-state index in [1.807, 2.05) is 29.3 Å². The van der Waals surface area contributed by atoms with Crippen LogP contribution in [-0.2, 0) is 22.4 Å². The normalized spacial score (nSPS) is 16.7. The Morgan fingerprint density at radius 3 is 2.52 bits per heavy atom. The van der Waals surface area contributed by atoms with Gasteiger partial charge in [-0.05, 0) is 42.3 Å². The molecule has 2 aromatic rings. The molecule has 1 aromatic heterocycles. The number of amides is 3. The number of piperazine rings is 1. The lowest BCUT2D eigenvalue weighted by Crippen LogP contribution is -2.51. The summed E-state index contributed by atoms with van der Waals surface area (Å²) in [5.74, 6) is 0.0713. The molecule has 0 unspecified atom stereocenters. The Morgan fingerprint density at radius 1 is 1.00 bits per heavy atom. The third-order valence-electron chi connectivity index (χ3n) is 5.17. The predicted octanol–water partition coefficient (Wildman–Crippen LogP) is 1.43. The van der Waals surface area contributed by atoms with Gasteiger partial charge in [0, 0.05) is 55.7 Å². The van der Waals surface area contributed by atoms with Gasteiger partial charge in [0.25, 0.3) is 5.91 Å². The van der Waals surface area contributed by atoms with Gasteiger partial charge >= 0.3 is 0 Å². The molecule has 140 valence electrons. The number of benzene rings is 1. The van der Waals surface area contributed by atoms with Crippen molar-refractivity contribution in [3.63, 3.8) is 0 Å². The second-order valence-electron chi connectivity index (χ2n) is 6.97. The van der Waals surface area contributed by atoms with Crippen molar-refractivity contribution in [2.45, 2.75) is 19.3 Å². The molecule has 3 amide bonds. The van der Waals surface area contributed by atoms with Crippen LogP contribution in [0.25, 0.3) is 0 Å². The van der Waals surface area contributed by atoms with Gasteiger partial charge in [-0.1, -0.05) is 0 Å². The number of nitrogens with one attached hydrogen (secondary N) is 2. The Labute approximate surface area is 157 Å². The van der Waals surface area contributed by atoms with Crippen LogP contribution >= 0.6 is 0 Å². The number of hydrogen-bond donors (Lipinski definition) is 2. The first-order chi connectivity index (χ1) is 13.1. The van der Waals surface area contributed by atoms with Crippen LogP contribution in [0.3, 0.4) is 0 Å². The highest BCUT2D eigenvalue weighted by molar-refractivity contribution is 5.98. The summed E-state index contributed by atoms with van der Waals surface area (Å²) in [4.78, 5) is 43.3. The summed E-state index contributed by atoms with van der Waals surface area (Å²) < 4.78 is 0. The minimum Gasteiger partial charge on any atom is -0.365 e. The van der Waals surface area contributed by atoms with E-state index in [-0.39, 0.29) is 17.7 Å². The van der Waals surface area contributed by atoms with E-state index in [9.17, 15) is 14.4 Å². The molecular weight excluding hydrogens is 344 g/mol. The van der Waals surface area contributed by atoms with Crippen molar-refractivity contribution < 1.29 is 14.4 Å². The third kappa shape index (κ3) is 3.72. The van der Waals surface area contributed by atoms with E-state index in [4.69, 9.17) is 0 Å². The molecule has 2 N–H and O–H groups in total. The van der Waals surface area contributed by atoms with E-state index >= 15 is 0 Å². The average Bonchev–Trinajstić information content (AvgIpc) is 3.20. The largest absolute Gasteiger partial charge is 0.365 e. The number of aromatic nitrogens is 1. The highest BCUT2D eigenvalue weighted by Crippen LogP contribution is 2.24. The minimum absolute atomic E-state index is 0.0155. The van der Waals surface area contributed by atoms with Gasteiger partial charge in [0.15, 0.2) is 0 Å². The highest BCUT2D eigenvalue weighted by Gasteiger charge is 2.26. The van der Waals surface area contributed by atoms with Crippen molar-refractivity contribution in [3.8, 4) is 0 Å². The van der Waals surface area contributed by atoms with Gasteiger partial charge in [0.2, 0.25) is 11.8 Å². The molecule has 1 aromatic carbocycles. The van der Waals surface area contributed by atoms with E-state index < -0.39 is 0 Å². The van der Waals surface area contributed by atoms with Crippen LogP contribution in [0.4, 0.5) is 5.69 Å². The monoisotopic (exact) mass is 366 g/mol. The number of anilines is 1. The Kier molecular flexibility index (Phi) is 4.66. The summed E-state index contributed by atoms with van der Waals surface area (Å²) >= 11 is 0. The number of carbonyl (C=O) groups excluding carboxylic acids is 3. The van der Waals surface area contributed by atoms with E-state index in [1.165, 1.54) is 0 Å². The van der Waals surface area contributed by atoms with Gasteiger partial charge in [0.05, 0.1) is 6.42 Å². The van der Waals surface area contributed by atoms with Crippen molar-refractivity contribution in [2.24, 2.45) is 0 Å². The molecular formula is C20H22N4O3. The Hall–Kier alpha value is -3.09. The molecule has 4 rings (SSSR count). The molecule has 3 heterocycles. The second-order valence-corrected chi connectivity index (χ2v) is 6.97. The Bertz CT molecular complexity index is 867. The quantitative estimate of drug-likeness (QED) is 0.862. The summed E-state index contributed by atoms with van der Waals surface area (Å²) in [5, 5.41) is 2.83. The van der Waals surface area contributed by atoms with Crippen LogP contribution in [-0.4, -0.2) is 58.7 Å². The molecule has 27 heavy (non-hydrogen) atoms. The zero-order valence-corrected chi connectivity index (χ0v) is 15.0. The Balaban J connectivity index is 1.36. The summed E-state index contributed by atoms with van der Waals surface area (Å²) in [7, 11) is 0. The number of rotatable bonds is 3. The van der Waals surface area contributed by atoms with Crippen molar-refractivity contribution in [1.82, 2.24) is 14.8 Å². The van der Waals surface area contributed by atoms with Gasteiger partial charge < -0.3 is 20.1 Å². The third-order valence-corrected chi connectivity index (χ3v) is 5.17. The van der Waals surface area contributed by atoms with Gasteiger partial charge in [-0.25, -0.2) is 0 Å². The molecule has 7 heteroatoms. The molecule has 1 fully saturated rings. The van der Waals surface area contributed by atoms with Gasteiger partial charge in [-0.15, -0.1) is 0 Å². The number of carbonyl (C=O) groups is 3. The van der Waals surface area contributed by atoms with Crippen LogP contribution < -0.4 is 5.32 Å². The molecule has 2 aliphatic heterocycles. The zero-order valence-electron chi connectivity index (χ0n) is 15.0. The molecule has 1 saturated heterocycles. The lowest BCUT2D eigenvalue weighted by atomic mass is 10.00. The zero-order chi connectivity index (χ0) is 18.8. The first-order valence-electron chi connectivity index (χ1n) is 9.22. The minimum atomic E-state index is -0.0221. The standard InChI is InChI=1S/C20H22N4O3/c25-18-6-4-14-12-15(3-5-17(14)22-18)20(27)24-10-8-23(9-11-24)19(26)13-16-2-1-7-21-16/h1-3,5,7,12,21H,4,6,8-11,13H2,(H,22,25). The van der Waals surface area contributed by atoms with Crippen molar-refractivity contribution in [3.05, 3.63) is 53.3 Å². The van der Waals surface area contributed by atoms with Gasteiger partial charge in [-0.3, -0.25) is 14.4 Å². The maximum Gasteiger partial charge on any atom is 0.253 e. The number of H-pyrrole nitrogens is 1. The fraction of sp³-hybridized carbons (Fsp3) is 0.350. The Morgan fingerprint density at radius 2 is 1.78 bits per heavy atom. The summed E-state index contributed by atoms with van der Waals surface area (Å²) in [6.07, 6.45) is 3.27. The van der Waals surface area contributed by atoms with E-state index in [0.717, 1.165) is 16.9 Å². The maximum atomic E-state index is 12.8. The fourth-order valence-corrected chi connectivity index (χ4v) is 3.61. The molecule has 2 aliphatic rings. The van der Waals surface area contributed by atoms with E-state index in [1.54, 1.807) is 17.0 Å². The lowest BCUT2D eigenvalue weighted by Gasteiger charge is -2.35. The molecule has 0 saturated carbocycles. The fourth-order valence-electron chi connectivity index (χ4n) is 3.61.